The fourth-order valence-electron chi connectivity index (χ4n) is 4.24. The Morgan fingerprint density at radius 3 is 2.49 bits per heavy atom. The highest BCUT2D eigenvalue weighted by molar-refractivity contribution is 5.89. The number of ether oxygens (including phenoxy) is 1. The summed E-state index contributed by atoms with van der Waals surface area (Å²) < 4.78 is 11.5. The predicted molar refractivity (Wildman–Crippen MR) is 124 cm³/mol. The molecular formula is C23H30N2O10. The van der Waals surface area contributed by atoms with Crippen molar-refractivity contribution in [2.45, 2.75) is 63.3 Å². The standard InChI is InChI=1S/C23H30N2O10/c1-9-5-13(27)17(22-20(31)19(30)18(29)15(8-26)35-22)21-16(9)14(28)7-11(34-21)6-10(2)25-12(3-4-24)23(32)33/h5,7,12,15,18-20,22,26-27,29-31H,3-4,6,8,24H2,1-2H3,(H,32,33). The van der Waals surface area contributed by atoms with Crippen LogP contribution in [0.1, 0.15) is 36.3 Å². The third-order valence-corrected chi connectivity index (χ3v) is 5.98. The van der Waals surface area contributed by atoms with Gasteiger partial charge in [0.1, 0.15) is 53.7 Å². The molecule has 2 aromatic rings. The Bertz CT molecular complexity index is 1180. The summed E-state index contributed by atoms with van der Waals surface area (Å²) in [6, 6.07) is 1.46. The van der Waals surface area contributed by atoms with Gasteiger partial charge in [0, 0.05) is 18.2 Å². The second-order valence-corrected chi connectivity index (χ2v) is 8.63. The van der Waals surface area contributed by atoms with Crippen LogP contribution in [0.4, 0.5) is 0 Å². The van der Waals surface area contributed by atoms with E-state index in [-0.39, 0.29) is 47.4 Å². The van der Waals surface area contributed by atoms with E-state index in [1.165, 1.54) is 12.1 Å². The second kappa shape index (κ2) is 10.8. The molecule has 1 aromatic heterocycles. The zero-order valence-electron chi connectivity index (χ0n) is 19.3. The average Bonchev–Trinajstić information content (AvgIpc) is 2.78. The lowest BCUT2D eigenvalue weighted by Crippen LogP contribution is -2.55. The number of phenolic OH excluding ortho intramolecular Hbond substituents is 1. The topological polar surface area (TPSA) is 216 Å². The molecule has 1 aliphatic rings. The van der Waals surface area contributed by atoms with Gasteiger partial charge in [-0.25, -0.2) is 4.79 Å². The van der Waals surface area contributed by atoms with E-state index in [1.807, 2.05) is 0 Å². The maximum Gasteiger partial charge on any atom is 0.328 e. The summed E-state index contributed by atoms with van der Waals surface area (Å²) in [5.41, 5.74) is 5.47. The largest absolute Gasteiger partial charge is 0.507 e. The molecule has 1 saturated heterocycles. The third kappa shape index (κ3) is 5.37. The maximum absolute atomic E-state index is 13.0. The smallest absolute Gasteiger partial charge is 0.328 e. The molecule has 0 spiro atoms. The van der Waals surface area contributed by atoms with Crippen LogP contribution in [0.5, 0.6) is 5.75 Å². The van der Waals surface area contributed by atoms with Crippen LogP contribution in [0, 0.1) is 6.92 Å². The van der Waals surface area contributed by atoms with Crippen molar-refractivity contribution in [2.75, 3.05) is 13.2 Å². The molecule has 0 amide bonds. The molecule has 0 aliphatic carbocycles. The second-order valence-electron chi connectivity index (χ2n) is 8.63. The van der Waals surface area contributed by atoms with Crippen LogP contribution in [0.15, 0.2) is 26.3 Å². The van der Waals surface area contributed by atoms with Crippen molar-refractivity contribution in [3.05, 3.63) is 39.2 Å². The molecule has 0 saturated carbocycles. The van der Waals surface area contributed by atoms with Crippen LogP contribution < -0.4 is 11.2 Å². The molecular weight excluding hydrogens is 464 g/mol. The lowest BCUT2D eigenvalue weighted by molar-refractivity contribution is -0.231. The van der Waals surface area contributed by atoms with Crippen LogP contribution in [-0.2, 0) is 16.0 Å². The Kier molecular flexibility index (Phi) is 8.26. The Morgan fingerprint density at radius 2 is 1.89 bits per heavy atom. The molecule has 2 heterocycles. The van der Waals surface area contributed by atoms with E-state index in [9.17, 15) is 40.2 Å². The third-order valence-electron chi connectivity index (χ3n) is 5.98. The number of nitrogens with zero attached hydrogens (tertiary/aromatic N) is 1. The fourth-order valence-corrected chi connectivity index (χ4v) is 4.24. The predicted octanol–water partition coefficient (Wildman–Crippen LogP) is -0.873. The van der Waals surface area contributed by atoms with Crippen molar-refractivity contribution in [1.29, 1.82) is 0 Å². The number of hydrogen-bond donors (Lipinski definition) is 7. The van der Waals surface area contributed by atoms with Crippen molar-refractivity contribution in [3.8, 4) is 5.75 Å². The molecule has 3 rings (SSSR count). The number of nitrogens with two attached hydrogens (primary N) is 1. The lowest BCUT2D eigenvalue weighted by Gasteiger charge is -2.40. The number of phenols is 1. The van der Waals surface area contributed by atoms with E-state index in [0.29, 0.717) is 11.3 Å². The minimum Gasteiger partial charge on any atom is -0.507 e. The summed E-state index contributed by atoms with van der Waals surface area (Å²) in [4.78, 5) is 28.5. The molecule has 6 atom stereocenters. The van der Waals surface area contributed by atoms with Crippen LogP contribution >= 0.6 is 0 Å². The van der Waals surface area contributed by atoms with Gasteiger partial charge < -0.3 is 45.5 Å². The van der Waals surface area contributed by atoms with Gasteiger partial charge in [-0.1, -0.05) is 0 Å². The highest BCUT2D eigenvalue weighted by atomic mass is 16.5. The van der Waals surface area contributed by atoms with Crippen LogP contribution in [0.25, 0.3) is 11.0 Å². The first-order valence-electron chi connectivity index (χ1n) is 11.1. The van der Waals surface area contributed by atoms with Gasteiger partial charge in [0.25, 0.3) is 0 Å². The molecule has 192 valence electrons. The summed E-state index contributed by atoms with van der Waals surface area (Å²) in [6.07, 6.45) is -7.61. The SMILES string of the molecule is CC(Cc1cc(=O)c2c(C)cc(O)c(C3OC(CO)C(O)C(O)C3O)c2o1)=NC(CCN)C(=O)O. The number of benzene rings is 1. The number of fused-ring (bicyclic) bond motifs is 1. The number of aromatic hydroxyl groups is 1. The van der Waals surface area contributed by atoms with E-state index >= 15 is 0 Å². The number of aryl methyl sites for hydroxylation is 1. The number of carbonyl (C=O) groups is 1. The molecule has 0 radical (unpaired) electrons. The number of rotatable bonds is 8. The highest BCUT2D eigenvalue weighted by Gasteiger charge is 2.46. The number of carboxylic acid groups (broad SMARTS) is 1. The van der Waals surface area contributed by atoms with Gasteiger partial charge in [0.2, 0.25) is 0 Å². The van der Waals surface area contributed by atoms with Crippen molar-refractivity contribution < 1.29 is 44.6 Å². The van der Waals surface area contributed by atoms with E-state index in [4.69, 9.17) is 14.9 Å². The highest BCUT2D eigenvalue weighted by Crippen LogP contribution is 2.41. The van der Waals surface area contributed by atoms with E-state index in [2.05, 4.69) is 4.99 Å². The normalized spacial score (nSPS) is 26.1. The fraction of sp³-hybridized carbons (Fsp3) is 0.522. The molecule has 1 fully saturated rings. The summed E-state index contributed by atoms with van der Waals surface area (Å²) in [6.45, 7) is 2.60. The van der Waals surface area contributed by atoms with E-state index in [1.54, 1.807) is 13.8 Å². The van der Waals surface area contributed by atoms with Crippen molar-refractivity contribution >= 4 is 22.7 Å². The number of aliphatic hydroxyl groups is 4. The first kappa shape index (κ1) is 26.7. The van der Waals surface area contributed by atoms with E-state index in [0.717, 1.165) is 0 Å². The number of carboxylic acids is 1. The van der Waals surface area contributed by atoms with Gasteiger partial charge in [0.15, 0.2) is 5.43 Å². The van der Waals surface area contributed by atoms with Crippen LogP contribution in [0.3, 0.4) is 0 Å². The molecule has 8 N–H and O–H groups in total. The Balaban J connectivity index is 2.13. The zero-order valence-corrected chi connectivity index (χ0v) is 19.3. The quantitative estimate of drug-likeness (QED) is 0.224. The van der Waals surface area contributed by atoms with Crippen LogP contribution in [-0.4, -0.2) is 85.9 Å². The van der Waals surface area contributed by atoms with Gasteiger partial charge in [-0.2, -0.15) is 0 Å². The molecule has 1 aromatic carbocycles. The number of aliphatic hydroxyl groups excluding tert-OH is 4. The minimum absolute atomic E-state index is 0.0254. The molecule has 12 nitrogen and oxygen atoms in total. The van der Waals surface area contributed by atoms with Gasteiger partial charge in [0.05, 0.1) is 17.6 Å². The summed E-state index contributed by atoms with van der Waals surface area (Å²) >= 11 is 0. The number of aliphatic carboxylic acids is 1. The zero-order chi connectivity index (χ0) is 26.0. The monoisotopic (exact) mass is 494 g/mol. The average molecular weight is 494 g/mol. The first-order valence-corrected chi connectivity index (χ1v) is 11.1. The Hall–Kier alpha value is -2.87. The molecule has 6 unspecified atom stereocenters. The molecule has 0 bridgehead atoms. The molecule has 12 heteroatoms. The molecule has 1 aliphatic heterocycles. The lowest BCUT2D eigenvalue weighted by atomic mass is 9.89. The Morgan fingerprint density at radius 1 is 1.20 bits per heavy atom. The van der Waals surface area contributed by atoms with Gasteiger partial charge >= 0.3 is 5.97 Å². The van der Waals surface area contributed by atoms with Gasteiger partial charge in [-0.05, 0) is 38.4 Å². The summed E-state index contributed by atoms with van der Waals surface area (Å²) in [7, 11) is 0. The number of aliphatic imine (C=N–C) groups is 1. The first-order chi connectivity index (χ1) is 16.5. The number of hydrogen-bond acceptors (Lipinski definition) is 11. The van der Waals surface area contributed by atoms with Gasteiger partial charge in [-0.3, -0.25) is 9.79 Å². The van der Waals surface area contributed by atoms with Crippen molar-refractivity contribution in [3.63, 3.8) is 0 Å². The Labute approximate surface area is 199 Å². The maximum atomic E-state index is 13.0. The van der Waals surface area contributed by atoms with Gasteiger partial charge in [-0.15, -0.1) is 0 Å². The minimum atomic E-state index is -1.71. The van der Waals surface area contributed by atoms with E-state index < -0.39 is 54.6 Å². The van der Waals surface area contributed by atoms with Crippen molar-refractivity contribution in [2.24, 2.45) is 10.7 Å². The summed E-state index contributed by atoms with van der Waals surface area (Å²) in [5, 5.41) is 60.5. The summed E-state index contributed by atoms with van der Waals surface area (Å²) in [5.74, 6) is -1.42. The van der Waals surface area contributed by atoms with Crippen molar-refractivity contribution in [1.82, 2.24) is 0 Å². The van der Waals surface area contributed by atoms with Crippen LogP contribution in [0.2, 0.25) is 0 Å². The molecule has 35 heavy (non-hydrogen) atoms.